The zero-order valence-corrected chi connectivity index (χ0v) is 24.4. The number of carbonyl (C=O) groups is 2. The van der Waals surface area contributed by atoms with Gasteiger partial charge in [-0.15, -0.1) is 0 Å². The van der Waals surface area contributed by atoms with Gasteiger partial charge in [0.15, 0.2) is 5.11 Å². The average Bonchev–Trinajstić information content (AvgIpc) is 3.21. The molecule has 202 valence electrons. The minimum absolute atomic E-state index is 0.0545. The first kappa shape index (κ1) is 27.1. The third-order valence-corrected chi connectivity index (χ3v) is 7.77. The summed E-state index contributed by atoms with van der Waals surface area (Å²) in [5, 5.41) is 0.132. The van der Waals surface area contributed by atoms with Crippen LogP contribution < -0.4 is 14.7 Å². The molecule has 5 rings (SSSR count). The molecule has 4 aromatic rings. The van der Waals surface area contributed by atoms with Gasteiger partial charge in [-0.1, -0.05) is 24.3 Å². The fourth-order valence-electron chi connectivity index (χ4n) is 5.01. The molecule has 7 heteroatoms. The van der Waals surface area contributed by atoms with Crippen LogP contribution >= 0.6 is 12.2 Å². The molecule has 2 heterocycles. The minimum atomic E-state index is -0.443. The van der Waals surface area contributed by atoms with E-state index in [0.29, 0.717) is 11.4 Å². The van der Waals surface area contributed by atoms with Gasteiger partial charge in [0.25, 0.3) is 11.8 Å². The summed E-state index contributed by atoms with van der Waals surface area (Å²) in [6.07, 6.45) is 1.70. The van der Waals surface area contributed by atoms with E-state index < -0.39 is 11.8 Å². The van der Waals surface area contributed by atoms with E-state index >= 15 is 0 Å². The molecule has 0 atom stereocenters. The third kappa shape index (κ3) is 4.73. The first-order chi connectivity index (χ1) is 19.1. The largest absolute Gasteiger partial charge is 0.378 e. The maximum atomic E-state index is 14.0. The summed E-state index contributed by atoms with van der Waals surface area (Å²) in [7, 11) is 4.02. The van der Waals surface area contributed by atoms with Crippen molar-refractivity contribution in [3.8, 4) is 5.69 Å². The number of amides is 2. The van der Waals surface area contributed by atoms with Crippen LogP contribution in [0.2, 0.25) is 0 Å². The highest BCUT2D eigenvalue weighted by Gasteiger charge is 2.41. The first-order valence-corrected chi connectivity index (χ1v) is 13.5. The Morgan fingerprint density at radius 3 is 1.90 bits per heavy atom. The highest BCUT2D eigenvalue weighted by atomic mass is 32.1. The van der Waals surface area contributed by atoms with Crippen molar-refractivity contribution in [1.29, 1.82) is 0 Å². The molecule has 40 heavy (non-hydrogen) atoms. The molecule has 1 aliphatic rings. The molecule has 0 saturated carbocycles. The molecule has 2 amide bonds. The number of thiocarbonyl (C=S) groups is 1. The fraction of sp³-hybridized carbons (Fsp3) is 0.182. The minimum Gasteiger partial charge on any atom is -0.378 e. The predicted octanol–water partition coefficient (Wildman–Crippen LogP) is 6.53. The molecule has 3 aromatic carbocycles. The Morgan fingerprint density at radius 1 is 0.700 bits per heavy atom. The average molecular weight is 549 g/mol. The Kier molecular flexibility index (Phi) is 7.17. The summed E-state index contributed by atoms with van der Waals surface area (Å²) in [6, 6.07) is 25.3. The standard InChI is InChI=1S/C33H32N4O2S/c1-21-12-13-29(18-22(21)2)37-32(39)30(31(38)36(33(37)40)27-10-8-7-9-11-27)20-25-19-23(3)35(24(25)4)28-16-14-26(15-17-28)34(5)6/h7-20H,1-6H3/b30-20+. The van der Waals surface area contributed by atoms with E-state index in [2.05, 4.69) is 33.7 Å². The second-order valence-electron chi connectivity index (χ2n) is 10.3. The lowest BCUT2D eigenvalue weighted by molar-refractivity contribution is -0.120. The monoisotopic (exact) mass is 548 g/mol. The molecule has 0 N–H and O–H groups in total. The molecule has 1 aromatic heterocycles. The summed E-state index contributed by atoms with van der Waals surface area (Å²) in [5.74, 6) is -0.882. The first-order valence-electron chi connectivity index (χ1n) is 13.1. The number of hydrogen-bond donors (Lipinski definition) is 0. The summed E-state index contributed by atoms with van der Waals surface area (Å²) >= 11 is 5.78. The Bertz CT molecular complexity index is 1670. The van der Waals surface area contributed by atoms with Gasteiger partial charge in [0.1, 0.15) is 5.57 Å². The van der Waals surface area contributed by atoms with Gasteiger partial charge in [-0.2, -0.15) is 0 Å². The molecular weight excluding hydrogens is 516 g/mol. The number of para-hydroxylation sites is 1. The summed E-state index contributed by atoms with van der Waals surface area (Å²) in [4.78, 5) is 32.9. The van der Waals surface area contributed by atoms with Gasteiger partial charge < -0.3 is 9.47 Å². The number of hydrogen-bond acceptors (Lipinski definition) is 4. The molecule has 0 unspecified atom stereocenters. The molecule has 0 aliphatic carbocycles. The van der Waals surface area contributed by atoms with Crippen molar-refractivity contribution >= 4 is 52.3 Å². The summed E-state index contributed by atoms with van der Waals surface area (Å²) in [6.45, 7) is 8.03. The van der Waals surface area contributed by atoms with E-state index in [-0.39, 0.29) is 10.7 Å². The highest BCUT2D eigenvalue weighted by Crippen LogP contribution is 2.32. The topological polar surface area (TPSA) is 48.8 Å². The molecule has 1 saturated heterocycles. The van der Waals surface area contributed by atoms with E-state index in [1.807, 2.05) is 96.4 Å². The van der Waals surface area contributed by atoms with Crippen LogP contribution in [-0.2, 0) is 9.59 Å². The zero-order valence-electron chi connectivity index (χ0n) is 23.6. The van der Waals surface area contributed by atoms with E-state index in [0.717, 1.165) is 39.5 Å². The van der Waals surface area contributed by atoms with Crippen LogP contribution in [0.1, 0.15) is 28.1 Å². The zero-order chi connectivity index (χ0) is 28.7. The normalized spacial score (nSPS) is 14.8. The van der Waals surface area contributed by atoms with Gasteiger partial charge in [-0.05, 0) is 117 Å². The van der Waals surface area contributed by atoms with Crippen LogP contribution in [-0.4, -0.2) is 35.6 Å². The van der Waals surface area contributed by atoms with Crippen LogP contribution in [0, 0.1) is 27.7 Å². The number of aromatic nitrogens is 1. The lowest BCUT2D eigenvalue weighted by atomic mass is 10.0. The van der Waals surface area contributed by atoms with Crippen LogP contribution in [0.3, 0.4) is 0 Å². The maximum absolute atomic E-state index is 14.0. The lowest BCUT2D eigenvalue weighted by Crippen LogP contribution is -2.57. The van der Waals surface area contributed by atoms with Crippen LogP contribution in [0.5, 0.6) is 0 Å². The second kappa shape index (κ2) is 10.6. The van der Waals surface area contributed by atoms with E-state index in [1.54, 1.807) is 6.08 Å². The smallest absolute Gasteiger partial charge is 0.270 e. The number of rotatable bonds is 5. The van der Waals surface area contributed by atoms with Gasteiger partial charge in [0.05, 0.1) is 11.4 Å². The number of benzene rings is 3. The van der Waals surface area contributed by atoms with E-state index in [4.69, 9.17) is 12.2 Å². The summed E-state index contributed by atoms with van der Waals surface area (Å²) in [5.41, 5.74) is 8.28. The summed E-state index contributed by atoms with van der Waals surface area (Å²) < 4.78 is 2.13. The van der Waals surface area contributed by atoms with Crippen molar-refractivity contribution in [2.24, 2.45) is 0 Å². The SMILES string of the molecule is Cc1ccc(N2C(=O)/C(=C/c3cc(C)n(-c4ccc(N(C)C)cc4)c3C)C(=O)N(c3ccccc3)C2=S)cc1C. The number of anilines is 3. The van der Waals surface area contributed by atoms with Crippen molar-refractivity contribution in [3.63, 3.8) is 0 Å². The molecule has 6 nitrogen and oxygen atoms in total. The highest BCUT2D eigenvalue weighted by molar-refractivity contribution is 7.81. The molecule has 0 radical (unpaired) electrons. The third-order valence-electron chi connectivity index (χ3n) is 7.41. The van der Waals surface area contributed by atoms with Crippen LogP contribution in [0.15, 0.2) is 84.4 Å². The molecule has 0 spiro atoms. The van der Waals surface area contributed by atoms with E-state index in [1.165, 1.54) is 9.80 Å². The second-order valence-corrected chi connectivity index (χ2v) is 10.7. The molecule has 1 aliphatic heterocycles. The van der Waals surface area contributed by atoms with Gasteiger partial charge in [0.2, 0.25) is 0 Å². The Morgan fingerprint density at radius 2 is 1.30 bits per heavy atom. The predicted molar refractivity (Wildman–Crippen MR) is 167 cm³/mol. The van der Waals surface area contributed by atoms with Gasteiger partial charge in [-0.25, -0.2) is 0 Å². The van der Waals surface area contributed by atoms with Crippen molar-refractivity contribution in [1.82, 2.24) is 4.57 Å². The van der Waals surface area contributed by atoms with Crippen LogP contribution in [0.4, 0.5) is 17.1 Å². The number of carbonyl (C=O) groups excluding carboxylic acids is 2. The van der Waals surface area contributed by atoms with Crippen molar-refractivity contribution < 1.29 is 9.59 Å². The number of nitrogens with zero attached hydrogens (tertiary/aromatic N) is 4. The maximum Gasteiger partial charge on any atom is 0.270 e. The lowest BCUT2D eigenvalue weighted by Gasteiger charge is -2.36. The van der Waals surface area contributed by atoms with Crippen LogP contribution in [0.25, 0.3) is 11.8 Å². The fourth-order valence-corrected chi connectivity index (χ4v) is 5.39. The molecule has 1 fully saturated rings. The Labute approximate surface area is 240 Å². The molecule has 0 bridgehead atoms. The van der Waals surface area contributed by atoms with Gasteiger partial charge in [0, 0.05) is 36.9 Å². The van der Waals surface area contributed by atoms with Crippen molar-refractivity contribution in [2.45, 2.75) is 27.7 Å². The Hall–Kier alpha value is -4.49. The molecular formula is C33H32N4O2S. The van der Waals surface area contributed by atoms with E-state index in [9.17, 15) is 9.59 Å². The van der Waals surface area contributed by atoms with Crippen molar-refractivity contribution in [3.05, 3.63) is 113 Å². The van der Waals surface area contributed by atoms with Crippen molar-refractivity contribution in [2.75, 3.05) is 28.8 Å². The number of aryl methyl sites for hydroxylation is 3. The quantitative estimate of drug-likeness (QED) is 0.162. The van der Waals surface area contributed by atoms with Gasteiger partial charge in [-0.3, -0.25) is 19.4 Å². The van der Waals surface area contributed by atoms with Gasteiger partial charge >= 0.3 is 0 Å². The Balaban J connectivity index is 1.63.